The second-order valence-electron chi connectivity index (χ2n) is 4.30. The summed E-state index contributed by atoms with van der Waals surface area (Å²) in [7, 11) is 0. The first-order chi connectivity index (χ1) is 8.27. The molecule has 2 heterocycles. The summed E-state index contributed by atoms with van der Waals surface area (Å²) in [5.41, 5.74) is 1.82. The van der Waals surface area contributed by atoms with Crippen molar-refractivity contribution in [3.8, 4) is 11.4 Å². The Kier molecular flexibility index (Phi) is 2.65. The molecule has 2 aromatic rings. The third-order valence-corrected chi connectivity index (χ3v) is 3.53. The third-order valence-electron chi connectivity index (χ3n) is 3.20. The van der Waals surface area contributed by atoms with Gasteiger partial charge in [0.05, 0.1) is 23.0 Å². The van der Waals surface area contributed by atoms with Crippen LogP contribution in [0.15, 0.2) is 30.5 Å². The van der Waals surface area contributed by atoms with E-state index >= 15 is 0 Å². The van der Waals surface area contributed by atoms with Gasteiger partial charge in [0, 0.05) is 12.1 Å². The van der Waals surface area contributed by atoms with Crippen LogP contribution in [0.1, 0.15) is 24.6 Å². The van der Waals surface area contributed by atoms with Crippen LogP contribution in [0.5, 0.6) is 0 Å². The predicted octanol–water partition coefficient (Wildman–Crippen LogP) is 3.03. The average molecular weight is 249 g/mol. The number of halogens is 1. The third kappa shape index (κ3) is 1.75. The fourth-order valence-electron chi connectivity index (χ4n) is 2.34. The smallest absolute Gasteiger partial charge is 0.141 e. The van der Waals surface area contributed by atoms with Crippen molar-refractivity contribution in [1.82, 2.24) is 9.55 Å². The number of rotatable bonds is 1. The van der Waals surface area contributed by atoms with E-state index in [1.54, 1.807) is 6.20 Å². The average Bonchev–Trinajstić information content (AvgIpc) is 2.75. The molecule has 0 spiro atoms. The van der Waals surface area contributed by atoms with E-state index in [0.717, 1.165) is 36.5 Å². The van der Waals surface area contributed by atoms with Crippen molar-refractivity contribution in [3.05, 3.63) is 41.2 Å². The highest BCUT2D eigenvalue weighted by Gasteiger charge is 2.22. The summed E-state index contributed by atoms with van der Waals surface area (Å²) >= 11 is 6.18. The molecule has 1 unspecified atom stereocenters. The fraction of sp³-hybridized carbons (Fsp3) is 0.308. The van der Waals surface area contributed by atoms with Gasteiger partial charge < -0.3 is 9.67 Å². The molecule has 1 aromatic heterocycles. The maximum atomic E-state index is 9.90. The summed E-state index contributed by atoms with van der Waals surface area (Å²) in [6.07, 6.45) is 3.14. The van der Waals surface area contributed by atoms with Gasteiger partial charge in [-0.25, -0.2) is 4.98 Å². The van der Waals surface area contributed by atoms with Crippen molar-refractivity contribution in [3.63, 3.8) is 0 Å². The van der Waals surface area contributed by atoms with E-state index in [9.17, 15) is 5.11 Å². The number of hydrogen-bond donors (Lipinski definition) is 1. The molecule has 1 aliphatic heterocycles. The van der Waals surface area contributed by atoms with Crippen molar-refractivity contribution in [2.75, 3.05) is 0 Å². The van der Waals surface area contributed by atoms with Gasteiger partial charge in [0.2, 0.25) is 0 Å². The van der Waals surface area contributed by atoms with Gasteiger partial charge in [0.1, 0.15) is 5.82 Å². The maximum absolute atomic E-state index is 9.90. The molecular formula is C13H13ClN2O. The Morgan fingerprint density at radius 1 is 1.35 bits per heavy atom. The van der Waals surface area contributed by atoms with Gasteiger partial charge in [-0.05, 0) is 25.0 Å². The van der Waals surface area contributed by atoms with E-state index in [2.05, 4.69) is 9.55 Å². The number of fused-ring (bicyclic) bond motifs is 1. The summed E-state index contributed by atoms with van der Waals surface area (Å²) in [6, 6.07) is 7.67. The Morgan fingerprint density at radius 2 is 2.18 bits per heavy atom. The van der Waals surface area contributed by atoms with E-state index in [0.29, 0.717) is 5.02 Å². The first-order valence-electron chi connectivity index (χ1n) is 5.76. The number of hydrogen-bond acceptors (Lipinski definition) is 2. The number of imidazole rings is 1. The molecule has 1 N–H and O–H groups in total. The van der Waals surface area contributed by atoms with E-state index in [-0.39, 0.29) is 0 Å². The van der Waals surface area contributed by atoms with Gasteiger partial charge in [-0.1, -0.05) is 23.7 Å². The predicted molar refractivity (Wildman–Crippen MR) is 66.9 cm³/mol. The standard InChI is InChI=1S/C13H13ClN2O/c14-10-5-2-1-4-9(10)13-15-8-11-12(17)6-3-7-16(11)13/h1-2,4-5,8,12,17H,3,6-7H2. The number of aromatic nitrogens is 2. The van der Waals surface area contributed by atoms with E-state index in [1.165, 1.54) is 0 Å². The van der Waals surface area contributed by atoms with Crippen molar-refractivity contribution < 1.29 is 5.11 Å². The van der Waals surface area contributed by atoms with E-state index in [4.69, 9.17) is 11.6 Å². The first kappa shape index (κ1) is 10.8. The number of benzene rings is 1. The van der Waals surface area contributed by atoms with Crippen molar-refractivity contribution in [1.29, 1.82) is 0 Å². The molecule has 0 saturated carbocycles. The summed E-state index contributed by atoms with van der Waals surface area (Å²) in [5, 5.41) is 10.6. The van der Waals surface area contributed by atoms with Gasteiger partial charge in [0.25, 0.3) is 0 Å². The normalized spacial score (nSPS) is 19.1. The highest BCUT2D eigenvalue weighted by Crippen LogP contribution is 2.32. The Hall–Kier alpha value is -1.32. The zero-order chi connectivity index (χ0) is 11.8. The van der Waals surface area contributed by atoms with Crippen molar-refractivity contribution in [2.45, 2.75) is 25.5 Å². The van der Waals surface area contributed by atoms with Crippen molar-refractivity contribution >= 4 is 11.6 Å². The van der Waals surface area contributed by atoms with Crippen LogP contribution in [-0.4, -0.2) is 14.7 Å². The first-order valence-corrected chi connectivity index (χ1v) is 6.13. The molecule has 88 valence electrons. The Morgan fingerprint density at radius 3 is 3.00 bits per heavy atom. The zero-order valence-corrected chi connectivity index (χ0v) is 10.1. The number of aliphatic hydroxyl groups is 1. The van der Waals surface area contributed by atoms with Gasteiger partial charge in [-0.3, -0.25) is 0 Å². The molecule has 1 aliphatic rings. The van der Waals surface area contributed by atoms with E-state index in [1.807, 2.05) is 24.3 Å². The van der Waals surface area contributed by atoms with Crippen LogP contribution in [-0.2, 0) is 6.54 Å². The van der Waals surface area contributed by atoms with E-state index < -0.39 is 6.10 Å². The molecule has 1 aromatic carbocycles. The molecule has 17 heavy (non-hydrogen) atoms. The van der Waals surface area contributed by atoms with Gasteiger partial charge in [0.15, 0.2) is 0 Å². The highest BCUT2D eigenvalue weighted by molar-refractivity contribution is 6.33. The molecule has 0 aliphatic carbocycles. The minimum atomic E-state index is -0.396. The van der Waals surface area contributed by atoms with Crippen LogP contribution in [0.4, 0.5) is 0 Å². The van der Waals surface area contributed by atoms with Gasteiger partial charge in [-0.2, -0.15) is 0 Å². The minimum absolute atomic E-state index is 0.396. The largest absolute Gasteiger partial charge is 0.387 e. The summed E-state index contributed by atoms with van der Waals surface area (Å²) < 4.78 is 2.06. The van der Waals surface area contributed by atoms with Gasteiger partial charge in [-0.15, -0.1) is 0 Å². The van der Waals surface area contributed by atoms with Gasteiger partial charge >= 0.3 is 0 Å². The second-order valence-corrected chi connectivity index (χ2v) is 4.70. The second kappa shape index (κ2) is 4.17. The van der Waals surface area contributed by atoms with Crippen LogP contribution < -0.4 is 0 Å². The Bertz CT molecular complexity index is 550. The van der Waals surface area contributed by atoms with Crippen LogP contribution >= 0.6 is 11.6 Å². The van der Waals surface area contributed by atoms with Crippen molar-refractivity contribution in [2.24, 2.45) is 0 Å². The Balaban J connectivity index is 2.14. The lowest BCUT2D eigenvalue weighted by atomic mass is 10.1. The molecule has 4 heteroatoms. The zero-order valence-electron chi connectivity index (χ0n) is 9.31. The minimum Gasteiger partial charge on any atom is -0.387 e. The van der Waals surface area contributed by atoms with Crippen LogP contribution in [0.3, 0.4) is 0 Å². The summed E-state index contributed by atoms with van der Waals surface area (Å²) in [6.45, 7) is 0.896. The molecule has 1 atom stereocenters. The lowest BCUT2D eigenvalue weighted by Crippen LogP contribution is -2.15. The highest BCUT2D eigenvalue weighted by atomic mass is 35.5. The molecule has 3 nitrogen and oxygen atoms in total. The Labute approximate surface area is 105 Å². The lowest BCUT2D eigenvalue weighted by molar-refractivity contribution is 0.139. The van der Waals surface area contributed by atoms with Crippen LogP contribution in [0, 0.1) is 0 Å². The van der Waals surface area contributed by atoms with Crippen LogP contribution in [0.2, 0.25) is 5.02 Å². The summed E-state index contributed by atoms with van der Waals surface area (Å²) in [4.78, 5) is 4.40. The quantitative estimate of drug-likeness (QED) is 0.842. The fourth-order valence-corrected chi connectivity index (χ4v) is 2.56. The number of aliphatic hydroxyl groups excluding tert-OH is 1. The molecule has 0 fully saturated rings. The number of nitrogens with zero attached hydrogens (tertiary/aromatic N) is 2. The monoisotopic (exact) mass is 248 g/mol. The summed E-state index contributed by atoms with van der Waals surface area (Å²) in [5.74, 6) is 0.851. The molecule has 0 saturated heterocycles. The topological polar surface area (TPSA) is 38.0 Å². The SMILES string of the molecule is OC1CCCn2c1cnc2-c1ccccc1Cl. The van der Waals surface area contributed by atoms with Crippen LogP contribution in [0.25, 0.3) is 11.4 Å². The lowest BCUT2D eigenvalue weighted by Gasteiger charge is -2.21. The molecule has 3 rings (SSSR count). The molecule has 0 radical (unpaired) electrons. The molecule has 0 amide bonds. The maximum Gasteiger partial charge on any atom is 0.141 e. The molecule has 0 bridgehead atoms. The molecular weight excluding hydrogens is 236 g/mol.